The molecule has 108 valence electrons. The molecule has 0 amide bonds. The van der Waals surface area contributed by atoms with Gasteiger partial charge in [-0.05, 0) is 50.0 Å². The molecule has 0 aromatic carbocycles. The van der Waals surface area contributed by atoms with Gasteiger partial charge in [0, 0.05) is 6.04 Å². The lowest BCUT2D eigenvalue weighted by Crippen LogP contribution is -2.39. The predicted molar refractivity (Wildman–Crippen MR) is 81.9 cm³/mol. The molecule has 0 radical (unpaired) electrons. The Hall–Kier alpha value is -0.0400. The minimum absolute atomic E-state index is 0.785. The van der Waals surface area contributed by atoms with E-state index in [0.717, 1.165) is 23.8 Å². The maximum atomic E-state index is 3.82. The van der Waals surface area contributed by atoms with Crippen molar-refractivity contribution in [2.75, 3.05) is 6.54 Å². The quantitative estimate of drug-likeness (QED) is 0.641. The molecule has 0 aromatic heterocycles. The summed E-state index contributed by atoms with van der Waals surface area (Å²) in [5.74, 6) is 2.82. The molecule has 0 spiro atoms. The Bertz CT molecular complexity index is 192. The van der Waals surface area contributed by atoms with Gasteiger partial charge in [0.1, 0.15) is 0 Å². The summed E-state index contributed by atoms with van der Waals surface area (Å²) in [5, 5.41) is 3.82. The van der Waals surface area contributed by atoms with Gasteiger partial charge in [0.05, 0.1) is 0 Å². The topological polar surface area (TPSA) is 12.0 Å². The molecule has 1 unspecified atom stereocenters. The minimum atomic E-state index is 0.785. The van der Waals surface area contributed by atoms with Crippen molar-refractivity contribution in [1.29, 1.82) is 0 Å². The lowest BCUT2D eigenvalue weighted by atomic mass is 9.75. The Labute approximate surface area is 115 Å². The van der Waals surface area contributed by atoms with E-state index in [0.29, 0.717) is 0 Å². The maximum Gasteiger partial charge on any atom is 0.00977 e. The van der Waals surface area contributed by atoms with Crippen molar-refractivity contribution in [2.24, 2.45) is 17.8 Å². The fourth-order valence-electron chi connectivity index (χ4n) is 3.57. The minimum Gasteiger partial charge on any atom is -0.314 e. The summed E-state index contributed by atoms with van der Waals surface area (Å²) in [5.41, 5.74) is 0. The highest BCUT2D eigenvalue weighted by Crippen LogP contribution is 2.34. The first-order valence-electron chi connectivity index (χ1n) is 8.40. The third-order valence-electron chi connectivity index (χ3n) is 4.54. The molecule has 0 bridgehead atoms. The Balaban J connectivity index is 2.38. The third kappa shape index (κ3) is 5.73. The van der Waals surface area contributed by atoms with Gasteiger partial charge in [0.25, 0.3) is 0 Å². The van der Waals surface area contributed by atoms with E-state index in [-0.39, 0.29) is 0 Å². The van der Waals surface area contributed by atoms with Gasteiger partial charge in [-0.3, -0.25) is 0 Å². The average Bonchev–Trinajstić information content (AvgIpc) is 2.35. The molecule has 1 fully saturated rings. The first-order valence-corrected chi connectivity index (χ1v) is 8.40. The number of nitrogens with one attached hydrogen (secondary N) is 1. The highest BCUT2D eigenvalue weighted by Gasteiger charge is 2.27. The van der Waals surface area contributed by atoms with Gasteiger partial charge < -0.3 is 5.32 Å². The van der Waals surface area contributed by atoms with Crippen LogP contribution in [0.2, 0.25) is 0 Å². The fraction of sp³-hybridized carbons (Fsp3) is 1.00. The molecule has 0 saturated heterocycles. The number of rotatable bonds is 8. The largest absolute Gasteiger partial charge is 0.314 e. The summed E-state index contributed by atoms with van der Waals surface area (Å²) in [6.07, 6.45) is 11.4. The van der Waals surface area contributed by atoms with Crippen molar-refractivity contribution in [3.8, 4) is 0 Å². The van der Waals surface area contributed by atoms with E-state index < -0.39 is 0 Å². The zero-order valence-electron chi connectivity index (χ0n) is 13.2. The molecule has 18 heavy (non-hydrogen) atoms. The Morgan fingerprint density at radius 1 is 1.00 bits per heavy atom. The van der Waals surface area contributed by atoms with Crippen LogP contribution in [0.15, 0.2) is 0 Å². The van der Waals surface area contributed by atoms with Gasteiger partial charge in [-0.25, -0.2) is 0 Å². The van der Waals surface area contributed by atoms with E-state index in [4.69, 9.17) is 0 Å². The van der Waals surface area contributed by atoms with Gasteiger partial charge in [-0.1, -0.05) is 53.4 Å². The summed E-state index contributed by atoms with van der Waals surface area (Å²) in [6.45, 7) is 10.5. The van der Waals surface area contributed by atoms with Crippen molar-refractivity contribution in [1.82, 2.24) is 5.32 Å². The van der Waals surface area contributed by atoms with Crippen molar-refractivity contribution in [3.63, 3.8) is 0 Å². The Morgan fingerprint density at radius 3 is 2.17 bits per heavy atom. The first kappa shape index (κ1) is 16.0. The van der Waals surface area contributed by atoms with Crippen LogP contribution in [-0.2, 0) is 0 Å². The van der Waals surface area contributed by atoms with Crippen LogP contribution in [0.5, 0.6) is 0 Å². The maximum absolute atomic E-state index is 3.82. The van der Waals surface area contributed by atoms with Crippen molar-refractivity contribution < 1.29 is 0 Å². The molecule has 0 aliphatic heterocycles. The van der Waals surface area contributed by atoms with Crippen LogP contribution in [0.1, 0.15) is 79.1 Å². The normalized spacial score (nSPS) is 26.5. The molecule has 0 heterocycles. The van der Waals surface area contributed by atoms with E-state index in [1.165, 1.54) is 57.9 Å². The van der Waals surface area contributed by atoms with Crippen LogP contribution in [0.25, 0.3) is 0 Å². The first-order chi connectivity index (χ1) is 8.67. The molecule has 1 nitrogen and oxygen atoms in total. The predicted octanol–water partition coefficient (Wildman–Crippen LogP) is 5.01. The summed E-state index contributed by atoms with van der Waals surface area (Å²) >= 11 is 0. The molecule has 1 N–H and O–H groups in total. The summed E-state index contributed by atoms with van der Waals surface area (Å²) in [6, 6.07) is 0.785. The van der Waals surface area contributed by atoms with Crippen LogP contribution >= 0.6 is 0 Å². The molecular weight excluding hydrogens is 218 g/mol. The summed E-state index contributed by atoms with van der Waals surface area (Å²) in [7, 11) is 0. The zero-order valence-corrected chi connectivity index (χ0v) is 13.2. The molecule has 1 heteroatoms. The third-order valence-corrected chi connectivity index (χ3v) is 4.54. The van der Waals surface area contributed by atoms with E-state index in [2.05, 4.69) is 33.0 Å². The lowest BCUT2D eigenvalue weighted by Gasteiger charge is -2.35. The van der Waals surface area contributed by atoms with E-state index >= 15 is 0 Å². The smallest absolute Gasteiger partial charge is 0.00977 e. The molecular formula is C17H35N. The van der Waals surface area contributed by atoms with Crippen LogP contribution in [-0.4, -0.2) is 12.6 Å². The molecule has 1 aliphatic rings. The molecule has 0 aromatic rings. The Morgan fingerprint density at radius 2 is 1.67 bits per heavy atom. The van der Waals surface area contributed by atoms with Gasteiger partial charge in [-0.2, -0.15) is 0 Å². The number of hydrogen-bond donors (Lipinski definition) is 1. The SMILES string of the molecule is CCCNC(CC(C)C)C1CCC(CCC)CC1. The van der Waals surface area contributed by atoms with E-state index in [1.54, 1.807) is 0 Å². The molecule has 1 saturated carbocycles. The van der Waals surface area contributed by atoms with Crippen molar-refractivity contribution in [2.45, 2.75) is 85.1 Å². The molecule has 1 rings (SSSR count). The molecule has 1 atom stereocenters. The van der Waals surface area contributed by atoms with Crippen LogP contribution in [0, 0.1) is 17.8 Å². The van der Waals surface area contributed by atoms with E-state index in [9.17, 15) is 0 Å². The van der Waals surface area contributed by atoms with Crippen LogP contribution in [0.3, 0.4) is 0 Å². The monoisotopic (exact) mass is 253 g/mol. The average molecular weight is 253 g/mol. The highest BCUT2D eigenvalue weighted by molar-refractivity contribution is 4.82. The van der Waals surface area contributed by atoms with Gasteiger partial charge in [-0.15, -0.1) is 0 Å². The lowest BCUT2D eigenvalue weighted by molar-refractivity contribution is 0.197. The highest BCUT2D eigenvalue weighted by atomic mass is 14.9. The Kier molecular flexibility index (Phi) is 7.97. The van der Waals surface area contributed by atoms with Crippen molar-refractivity contribution >= 4 is 0 Å². The van der Waals surface area contributed by atoms with E-state index in [1.807, 2.05) is 0 Å². The van der Waals surface area contributed by atoms with Gasteiger partial charge in [0.2, 0.25) is 0 Å². The number of hydrogen-bond acceptors (Lipinski definition) is 1. The summed E-state index contributed by atoms with van der Waals surface area (Å²) < 4.78 is 0. The molecule has 1 aliphatic carbocycles. The van der Waals surface area contributed by atoms with Crippen LogP contribution in [0.4, 0.5) is 0 Å². The van der Waals surface area contributed by atoms with Gasteiger partial charge >= 0.3 is 0 Å². The standard InChI is InChI=1S/C17H35N/c1-5-7-15-8-10-16(11-9-15)17(13-14(3)4)18-12-6-2/h14-18H,5-13H2,1-4H3. The van der Waals surface area contributed by atoms with Crippen molar-refractivity contribution in [3.05, 3.63) is 0 Å². The van der Waals surface area contributed by atoms with Crippen LogP contribution < -0.4 is 5.32 Å². The summed E-state index contributed by atoms with van der Waals surface area (Å²) in [4.78, 5) is 0. The second-order valence-corrected chi connectivity index (χ2v) is 6.76. The second kappa shape index (κ2) is 8.96. The zero-order chi connectivity index (χ0) is 13.4. The van der Waals surface area contributed by atoms with Gasteiger partial charge in [0.15, 0.2) is 0 Å². The second-order valence-electron chi connectivity index (χ2n) is 6.76. The fourth-order valence-corrected chi connectivity index (χ4v) is 3.57.